The molecule has 17 heavy (non-hydrogen) atoms. The van der Waals surface area contributed by atoms with Crippen LogP contribution < -0.4 is 11.1 Å². The van der Waals surface area contributed by atoms with Crippen molar-refractivity contribution in [3.05, 3.63) is 29.5 Å². The molecule has 3 heteroatoms. The van der Waals surface area contributed by atoms with Gasteiger partial charge in [-0.3, -0.25) is 0 Å². The molecule has 1 aromatic heterocycles. The molecule has 0 atom stereocenters. The first-order chi connectivity index (χ1) is 8.30. The van der Waals surface area contributed by atoms with E-state index in [0.717, 1.165) is 19.3 Å². The minimum absolute atomic E-state index is 0.694. The smallest absolute Gasteiger partial charge is 0.0490 e. The van der Waals surface area contributed by atoms with Crippen LogP contribution in [0.3, 0.4) is 0 Å². The van der Waals surface area contributed by atoms with Gasteiger partial charge in [0.15, 0.2) is 0 Å². The van der Waals surface area contributed by atoms with E-state index in [1.54, 1.807) is 0 Å². The maximum atomic E-state index is 5.65. The average molecular weight is 231 g/mol. The van der Waals surface area contributed by atoms with E-state index in [-0.39, 0.29) is 0 Å². The molecule has 1 aromatic carbocycles. The Morgan fingerprint density at radius 1 is 1.24 bits per heavy atom. The molecule has 2 rings (SSSR count). The summed E-state index contributed by atoms with van der Waals surface area (Å²) in [4.78, 5) is 3.39. The molecule has 0 aliphatic carbocycles. The van der Waals surface area contributed by atoms with Crippen LogP contribution in [0.25, 0.3) is 10.9 Å². The van der Waals surface area contributed by atoms with Crippen molar-refractivity contribution in [1.29, 1.82) is 0 Å². The van der Waals surface area contributed by atoms with Crippen molar-refractivity contribution < 1.29 is 0 Å². The number of anilines is 1. The molecule has 3 nitrogen and oxygen atoms in total. The molecule has 0 aliphatic rings. The summed E-state index contributed by atoms with van der Waals surface area (Å²) >= 11 is 0. The number of nitrogens with one attached hydrogen (secondary N) is 2. The normalized spacial score (nSPS) is 11.0. The van der Waals surface area contributed by atoms with Gasteiger partial charge in [-0.2, -0.15) is 0 Å². The second-order valence-corrected chi connectivity index (χ2v) is 4.41. The van der Waals surface area contributed by atoms with E-state index in [0.29, 0.717) is 6.54 Å². The highest BCUT2D eigenvalue weighted by molar-refractivity contribution is 5.89. The van der Waals surface area contributed by atoms with E-state index in [1.165, 1.54) is 27.7 Å². The summed E-state index contributed by atoms with van der Waals surface area (Å²) in [5.41, 5.74) is 10.8. The van der Waals surface area contributed by atoms with Crippen molar-refractivity contribution in [3.63, 3.8) is 0 Å². The summed E-state index contributed by atoms with van der Waals surface area (Å²) in [5, 5.41) is 4.54. The van der Waals surface area contributed by atoms with Gasteiger partial charge in [0.1, 0.15) is 0 Å². The number of nitrogens with two attached hydrogens (primary N) is 1. The van der Waals surface area contributed by atoms with Crippen LogP contribution in [0.2, 0.25) is 0 Å². The Morgan fingerprint density at radius 3 is 2.71 bits per heavy atom. The Labute approximate surface area is 102 Å². The highest BCUT2D eigenvalue weighted by Crippen LogP contribution is 2.27. The van der Waals surface area contributed by atoms with Crippen molar-refractivity contribution in [2.24, 2.45) is 5.73 Å². The van der Waals surface area contributed by atoms with E-state index in [9.17, 15) is 0 Å². The molecule has 2 aromatic rings. The molecule has 0 radical (unpaired) electrons. The molecule has 0 amide bonds. The summed E-state index contributed by atoms with van der Waals surface area (Å²) in [6, 6.07) is 4.44. The fourth-order valence-electron chi connectivity index (χ4n) is 2.34. The van der Waals surface area contributed by atoms with Crippen molar-refractivity contribution in [2.45, 2.75) is 26.2 Å². The topological polar surface area (TPSA) is 53.8 Å². The Morgan fingerprint density at radius 2 is 2.06 bits per heavy atom. The van der Waals surface area contributed by atoms with E-state index in [4.69, 9.17) is 5.73 Å². The lowest BCUT2D eigenvalue weighted by molar-refractivity contribution is 0.927. The molecular weight excluding hydrogens is 210 g/mol. The Bertz CT molecular complexity index is 499. The van der Waals surface area contributed by atoms with E-state index in [1.807, 2.05) is 7.05 Å². The first-order valence-electron chi connectivity index (χ1n) is 6.30. The number of fused-ring (bicyclic) bond motifs is 1. The lowest BCUT2D eigenvalue weighted by Crippen LogP contribution is -2.02. The molecule has 0 unspecified atom stereocenters. The van der Waals surface area contributed by atoms with Gasteiger partial charge in [0.2, 0.25) is 0 Å². The predicted octanol–water partition coefficient (Wildman–Crippen LogP) is 2.66. The van der Waals surface area contributed by atoms with Gasteiger partial charge in [-0.25, -0.2) is 0 Å². The number of benzene rings is 1. The molecule has 4 N–H and O–H groups in total. The van der Waals surface area contributed by atoms with E-state index in [2.05, 4.69) is 35.6 Å². The van der Waals surface area contributed by atoms with Crippen LogP contribution in [0, 0.1) is 0 Å². The third-order valence-electron chi connectivity index (χ3n) is 3.18. The number of aryl methyl sites for hydroxylation is 1. The lowest BCUT2D eigenvalue weighted by atomic mass is 10.0. The Kier molecular flexibility index (Phi) is 3.69. The Balaban J connectivity index is 2.56. The van der Waals surface area contributed by atoms with E-state index < -0.39 is 0 Å². The molecule has 92 valence electrons. The maximum absolute atomic E-state index is 5.65. The molecule has 0 aliphatic heterocycles. The van der Waals surface area contributed by atoms with Crippen molar-refractivity contribution in [3.8, 4) is 0 Å². The molecule has 0 bridgehead atoms. The van der Waals surface area contributed by atoms with Crippen LogP contribution in [-0.2, 0) is 12.8 Å². The zero-order valence-corrected chi connectivity index (χ0v) is 10.6. The second-order valence-electron chi connectivity index (χ2n) is 4.41. The lowest BCUT2D eigenvalue weighted by Gasteiger charge is -2.07. The summed E-state index contributed by atoms with van der Waals surface area (Å²) in [5.74, 6) is 0. The van der Waals surface area contributed by atoms with Gasteiger partial charge in [0.05, 0.1) is 0 Å². The second kappa shape index (κ2) is 5.23. The molecule has 0 saturated carbocycles. The third-order valence-corrected chi connectivity index (χ3v) is 3.18. The van der Waals surface area contributed by atoms with Crippen LogP contribution >= 0.6 is 0 Å². The van der Waals surface area contributed by atoms with Gasteiger partial charge in [-0.1, -0.05) is 13.3 Å². The van der Waals surface area contributed by atoms with Crippen LogP contribution in [0.15, 0.2) is 18.3 Å². The molecular formula is C14H21N3. The highest BCUT2D eigenvalue weighted by atomic mass is 14.8. The summed E-state index contributed by atoms with van der Waals surface area (Å²) < 4.78 is 0. The van der Waals surface area contributed by atoms with Gasteiger partial charge in [-0.05, 0) is 42.6 Å². The van der Waals surface area contributed by atoms with Crippen LogP contribution in [-0.4, -0.2) is 18.6 Å². The van der Waals surface area contributed by atoms with Gasteiger partial charge in [0, 0.05) is 29.8 Å². The quantitative estimate of drug-likeness (QED) is 0.741. The van der Waals surface area contributed by atoms with Crippen molar-refractivity contribution >= 4 is 16.6 Å². The zero-order chi connectivity index (χ0) is 12.3. The largest absolute Gasteiger partial charge is 0.388 e. The number of aromatic nitrogens is 1. The first-order valence-corrected chi connectivity index (χ1v) is 6.30. The number of H-pyrrole nitrogens is 1. The summed E-state index contributed by atoms with van der Waals surface area (Å²) in [7, 11) is 1.96. The molecule has 1 heterocycles. The third kappa shape index (κ3) is 2.29. The van der Waals surface area contributed by atoms with Gasteiger partial charge >= 0.3 is 0 Å². The maximum Gasteiger partial charge on any atom is 0.0490 e. The minimum atomic E-state index is 0.694. The highest BCUT2D eigenvalue weighted by Gasteiger charge is 2.08. The molecule has 0 fully saturated rings. The van der Waals surface area contributed by atoms with Crippen LogP contribution in [0.5, 0.6) is 0 Å². The van der Waals surface area contributed by atoms with Gasteiger partial charge in [0.25, 0.3) is 0 Å². The zero-order valence-electron chi connectivity index (χ0n) is 10.6. The number of hydrogen-bond acceptors (Lipinski definition) is 2. The SMILES string of the molecule is CCCc1cc(NC)cc2c(CCN)c[nH]c12. The number of hydrogen-bond donors (Lipinski definition) is 3. The summed E-state index contributed by atoms with van der Waals surface area (Å²) in [6.45, 7) is 2.90. The summed E-state index contributed by atoms with van der Waals surface area (Å²) in [6.07, 6.45) is 5.29. The predicted molar refractivity (Wildman–Crippen MR) is 74.6 cm³/mol. The van der Waals surface area contributed by atoms with Crippen LogP contribution in [0.1, 0.15) is 24.5 Å². The van der Waals surface area contributed by atoms with E-state index >= 15 is 0 Å². The fraction of sp³-hybridized carbons (Fsp3) is 0.429. The van der Waals surface area contributed by atoms with Crippen molar-refractivity contribution in [1.82, 2.24) is 4.98 Å². The monoisotopic (exact) mass is 231 g/mol. The van der Waals surface area contributed by atoms with Gasteiger partial charge < -0.3 is 16.0 Å². The van der Waals surface area contributed by atoms with Gasteiger partial charge in [-0.15, -0.1) is 0 Å². The minimum Gasteiger partial charge on any atom is -0.388 e. The van der Waals surface area contributed by atoms with Crippen molar-refractivity contribution in [2.75, 3.05) is 18.9 Å². The Hall–Kier alpha value is -1.48. The first kappa shape index (κ1) is 12.0. The number of rotatable bonds is 5. The molecule has 0 saturated heterocycles. The van der Waals surface area contributed by atoms with Crippen LogP contribution in [0.4, 0.5) is 5.69 Å². The molecule has 0 spiro atoms. The fourth-order valence-corrected chi connectivity index (χ4v) is 2.34. The number of aromatic amines is 1. The standard InChI is InChI=1S/C14H21N3/c1-3-4-10-7-12(16-2)8-13-11(5-6-15)9-17-14(10)13/h7-9,16-17H,3-6,15H2,1-2H3. The average Bonchev–Trinajstić information content (AvgIpc) is 2.74.